The van der Waals surface area contributed by atoms with E-state index < -0.39 is 0 Å². The predicted octanol–water partition coefficient (Wildman–Crippen LogP) is 11.1. The standard InChI is InChI=1S/C35H62O3/c1-9-11-12-13-14-15-16-17-18-19-20-21-22-23-24-25-26-28-27-29(34(3,4)5)32(37)31(35(6,7)8)33(28)38-30(36)10-2/h27,37H,9-26H2,1-8H3. The van der Waals surface area contributed by atoms with Gasteiger partial charge in [-0.2, -0.15) is 0 Å². The molecule has 1 N–H and O–H groups in total. The number of esters is 1. The molecular formula is C35H62O3. The molecule has 220 valence electrons. The van der Waals surface area contributed by atoms with Crippen LogP contribution in [0.2, 0.25) is 0 Å². The highest BCUT2D eigenvalue weighted by Gasteiger charge is 2.32. The Kier molecular flexibility index (Phi) is 16.3. The lowest BCUT2D eigenvalue weighted by molar-refractivity contribution is -0.134. The fraction of sp³-hybridized carbons (Fsp3) is 0.800. The van der Waals surface area contributed by atoms with Crippen LogP contribution in [0.25, 0.3) is 0 Å². The molecule has 0 aliphatic heterocycles. The number of carbonyl (C=O) groups is 1. The van der Waals surface area contributed by atoms with Crippen molar-refractivity contribution >= 4 is 5.97 Å². The van der Waals surface area contributed by atoms with Gasteiger partial charge in [0.15, 0.2) is 0 Å². The van der Waals surface area contributed by atoms with E-state index in [1.807, 2.05) is 6.92 Å². The van der Waals surface area contributed by atoms with Crippen LogP contribution in [0.1, 0.15) is 181 Å². The monoisotopic (exact) mass is 530 g/mol. The van der Waals surface area contributed by atoms with Crippen molar-refractivity contribution in [3.63, 3.8) is 0 Å². The molecule has 3 heteroatoms. The molecule has 0 bridgehead atoms. The van der Waals surface area contributed by atoms with Crippen LogP contribution in [0.4, 0.5) is 0 Å². The molecule has 0 atom stereocenters. The number of benzene rings is 1. The lowest BCUT2D eigenvalue weighted by Gasteiger charge is -2.30. The molecule has 0 amide bonds. The Hall–Kier alpha value is -1.51. The van der Waals surface area contributed by atoms with Crippen LogP contribution in [0.3, 0.4) is 0 Å². The highest BCUT2D eigenvalue weighted by Crippen LogP contribution is 2.46. The maximum Gasteiger partial charge on any atom is 0.310 e. The van der Waals surface area contributed by atoms with E-state index in [9.17, 15) is 9.90 Å². The lowest BCUT2D eigenvalue weighted by Crippen LogP contribution is -2.21. The number of rotatable bonds is 19. The van der Waals surface area contributed by atoms with E-state index in [2.05, 4.69) is 54.5 Å². The smallest absolute Gasteiger partial charge is 0.310 e. The Morgan fingerprint density at radius 1 is 0.684 bits per heavy atom. The zero-order chi connectivity index (χ0) is 28.6. The summed E-state index contributed by atoms with van der Waals surface area (Å²) in [7, 11) is 0. The average molecular weight is 531 g/mol. The van der Waals surface area contributed by atoms with Crippen molar-refractivity contribution in [2.45, 2.75) is 182 Å². The van der Waals surface area contributed by atoms with Gasteiger partial charge in [-0.05, 0) is 35.3 Å². The molecule has 0 saturated heterocycles. The fourth-order valence-electron chi connectivity index (χ4n) is 5.33. The van der Waals surface area contributed by atoms with Crippen LogP contribution in [-0.2, 0) is 22.0 Å². The Morgan fingerprint density at radius 3 is 1.47 bits per heavy atom. The van der Waals surface area contributed by atoms with Crippen LogP contribution in [-0.4, -0.2) is 11.1 Å². The molecule has 38 heavy (non-hydrogen) atoms. The topological polar surface area (TPSA) is 46.5 Å². The first-order valence-corrected chi connectivity index (χ1v) is 16.0. The first-order valence-electron chi connectivity index (χ1n) is 16.0. The normalized spacial score (nSPS) is 12.2. The van der Waals surface area contributed by atoms with Crippen LogP contribution in [0, 0.1) is 0 Å². The van der Waals surface area contributed by atoms with Crippen LogP contribution in [0.5, 0.6) is 11.5 Å². The molecule has 0 fully saturated rings. The van der Waals surface area contributed by atoms with Gasteiger partial charge in [0.1, 0.15) is 11.5 Å². The minimum Gasteiger partial charge on any atom is -0.507 e. The van der Waals surface area contributed by atoms with Gasteiger partial charge in [-0.1, -0.05) is 152 Å². The summed E-state index contributed by atoms with van der Waals surface area (Å²) in [6, 6.07) is 2.09. The number of phenols is 1. The summed E-state index contributed by atoms with van der Waals surface area (Å²) < 4.78 is 5.88. The maximum absolute atomic E-state index is 12.3. The van der Waals surface area contributed by atoms with Crippen molar-refractivity contribution in [3.05, 3.63) is 22.8 Å². The van der Waals surface area contributed by atoms with Crippen molar-refractivity contribution in [1.82, 2.24) is 0 Å². The van der Waals surface area contributed by atoms with Crippen molar-refractivity contribution in [2.24, 2.45) is 0 Å². The predicted molar refractivity (Wildman–Crippen MR) is 165 cm³/mol. The minimum absolute atomic E-state index is 0.194. The lowest BCUT2D eigenvalue weighted by atomic mass is 9.77. The van der Waals surface area contributed by atoms with Gasteiger partial charge in [0, 0.05) is 17.5 Å². The van der Waals surface area contributed by atoms with Crippen LogP contribution in [0.15, 0.2) is 6.07 Å². The number of aromatic hydroxyl groups is 1. The van der Waals surface area contributed by atoms with E-state index in [4.69, 9.17) is 4.74 Å². The van der Waals surface area contributed by atoms with Gasteiger partial charge >= 0.3 is 5.97 Å². The zero-order valence-corrected chi connectivity index (χ0v) is 26.6. The summed E-state index contributed by atoms with van der Waals surface area (Å²) in [6.45, 7) is 16.7. The fourth-order valence-corrected chi connectivity index (χ4v) is 5.33. The summed E-state index contributed by atoms with van der Waals surface area (Å²) in [5.41, 5.74) is 2.23. The molecule has 0 unspecified atom stereocenters. The quantitative estimate of drug-likeness (QED) is 0.110. The number of hydrogen-bond donors (Lipinski definition) is 1. The van der Waals surface area contributed by atoms with Crippen molar-refractivity contribution in [1.29, 1.82) is 0 Å². The number of phenolic OH excluding ortho intramolecular Hbond substituents is 1. The molecule has 0 saturated carbocycles. The van der Waals surface area contributed by atoms with Crippen molar-refractivity contribution in [3.8, 4) is 11.5 Å². The summed E-state index contributed by atoms with van der Waals surface area (Å²) in [5, 5.41) is 11.3. The molecule has 0 radical (unpaired) electrons. The summed E-state index contributed by atoms with van der Waals surface area (Å²) in [4.78, 5) is 12.3. The van der Waals surface area contributed by atoms with E-state index in [-0.39, 0.29) is 22.5 Å². The number of unbranched alkanes of at least 4 members (excludes halogenated alkanes) is 15. The van der Waals surface area contributed by atoms with E-state index in [0.717, 1.165) is 29.5 Å². The van der Waals surface area contributed by atoms with Gasteiger partial charge < -0.3 is 9.84 Å². The molecule has 0 aliphatic rings. The first kappa shape index (κ1) is 34.5. The highest BCUT2D eigenvalue weighted by atomic mass is 16.5. The zero-order valence-electron chi connectivity index (χ0n) is 26.6. The van der Waals surface area contributed by atoms with E-state index >= 15 is 0 Å². The molecule has 0 aliphatic carbocycles. The van der Waals surface area contributed by atoms with Gasteiger partial charge in [-0.15, -0.1) is 0 Å². The molecular weight excluding hydrogens is 468 g/mol. The highest BCUT2D eigenvalue weighted by molar-refractivity contribution is 5.74. The second-order valence-corrected chi connectivity index (χ2v) is 13.5. The largest absolute Gasteiger partial charge is 0.507 e. The molecule has 1 rings (SSSR count). The Morgan fingerprint density at radius 2 is 1.11 bits per heavy atom. The number of ether oxygens (including phenoxy) is 1. The second kappa shape index (κ2) is 18.0. The van der Waals surface area contributed by atoms with Crippen LogP contribution >= 0.6 is 0 Å². The Balaban J connectivity index is 2.53. The number of hydrogen-bond acceptors (Lipinski definition) is 3. The minimum atomic E-state index is -0.335. The second-order valence-electron chi connectivity index (χ2n) is 13.5. The van der Waals surface area contributed by atoms with Gasteiger partial charge in [-0.25, -0.2) is 0 Å². The van der Waals surface area contributed by atoms with E-state index in [0.29, 0.717) is 12.2 Å². The van der Waals surface area contributed by atoms with Gasteiger partial charge in [-0.3, -0.25) is 4.79 Å². The molecule has 1 aromatic carbocycles. The Labute approximate surface area is 236 Å². The third kappa shape index (κ3) is 13.0. The van der Waals surface area contributed by atoms with Gasteiger partial charge in [0.25, 0.3) is 0 Å². The summed E-state index contributed by atoms with van der Waals surface area (Å²) >= 11 is 0. The molecule has 1 aromatic rings. The third-order valence-corrected chi connectivity index (χ3v) is 7.69. The number of carbonyl (C=O) groups excluding carboxylic acids is 1. The summed E-state index contributed by atoms with van der Waals surface area (Å²) in [6.07, 6.45) is 22.8. The first-order chi connectivity index (χ1) is 17.9. The molecule has 0 heterocycles. The summed E-state index contributed by atoms with van der Waals surface area (Å²) in [5.74, 6) is 0.627. The van der Waals surface area contributed by atoms with Gasteiger partial charge in [0.05, 0.1) is 0 Å². The van der Waals surface area contributed by atoms with E-state index in [1.165, 1.54) is 96.3 Å². The Bertz CT molecular complexity index is 795. The molecule has 0 aromatic heterocycles. The van der Waals surface area contributed by atoms with Crippen LogP contribution < -0.4 is 4.74 Å². The number of aryl methyl sites for hydroxylation is 1. The molecule has 3 nitrogen and oxygen atoms in total. The van der Waals surface area contributed by atoms with E-state index in [1.54, 1.807) is 0 Å². The third-order valence-electron chi connectivity index (χ3n) is 7.69. The average Bonchev–Trinajstić information content (AvgIpc) is 2.83. The molecule has 0 spiro atoms. The SMILES string of the molecule is CCCCCCCCCCCCCCCCCCc1cc(C(C)(C)C)c(O)c(C(C)(C)C)c1OC(=O)CC. The maximum atomic E-state index is 12.3. The van der Waals surface area contributed by atoms with Gasteiger partial charge in [0.2, 0.25) is 0 Å². The van der Waals surface area contributed by atoms with Crippen molar-refractivity contribution < 1.29 is 14.6 Å². The van der Waals surface area contributed by atoms with Crippen molar-refractivity contribution in [2.75, 3.05) is 0 Å².